The van der Waals surface area contributed by atoms with E-state index in [2.05, 4.69) is 9.78 Å². The number of carbonyl (C=O) groups excluding carboxylic acids is 4. The van der Waals surface area contributed by atoms with Crippen molar-refractivity contribution in [1.29, 1.82) is 0 Å². The van der Waals surface area contributed by atoms with Gasteiger partial charge in [0, 0.05) is 23.9 Å². The van der Waals surface area contributed by atoms with Crippen LogP contribution in [0.25, 0.3) is 0 Å². The smallest absolute Gasteiger partial charge is 0.676 e. The summed E-state index contributed by atoms with van der Waals surface area (Å²) in [6, 6.07) is 0. The molecule has 0 aromatic rings. The molecule has 0 atom stereocenters. The SMILES string of the molecule is O=C([O-])CC(O)(CC(=O)[O-])[C+]([O-])O[O-].O=C([O-])CC(O)(CC(=O)[O-])[C+]([O-])O[O-].[Mg+2].[Mg+2].[Mg+2]. The van der Waals surface area contributed by atoms with Crippen molar-refractivity contribution < 1.29 is 80.3 Å². The molecule has 0 amide bonds. The van der Waals surface area contributed by atoms with E-state index in [0.717, 1.165) is 0 Å². The summed E-state index contributed by atoms with van der Waals surface area (Å²) in [5.74, 6) is -7.61. The zero-order valence-corrected chi connectivity index (χ0v) is 19.8. The van der Waals surface area contributed by atoms with Crippen molar-refractivity contribution >= 4 is 93.0 Å². The van der Waals surface area contributed by atoms with Crippen LogP contribution in [0.1, 0.15) is 25.7 Å². The molecule has 31 heavy (non-hydrogen) atoms. The van der Waals surface area contributed by atoms with Crippen molar-refractivity contribution in [2.75, 3.05) is 0 Å². The maximum Gasteiger partial charge on any atom is 2.00 e. The molecule has 0 saturated carbocycles. The van der Waals surface area contributed by atoms with E-state index in [4.69, 9.17) is 10.2 Å². The molecule has 0 aliphatic carbocycles. The summed E-state index contributed by atoms with van der Waals surface area (Å²) in [6.45, 7) is 0. The second-order valence-corrected chi connectivity index (χ2v) is 5.00. The van der Waals surface area contributed by atoms with E-state index < -0.39 is 73.3 Å². The molecule has 0 aliphatic heterocycles. The van der Waals surface area contributed by atoms with E-state index in [1.165, 1.54) is 0 Å². The van der Waals surface area contributed by atoms with Crippen LogP contribution in [0.3, 0.4) is 0 Å². The molecule has 0 radical (unpaired) electrons. The van der Waals surface area contributed by atoms with Gasteiger partial charge in [-0.2, -0.15) is 0 Å². The molecular weight excluding hydrogens is 473 g/mol. The summed E-state index contributed by atoms with van der Waals surface area (Å²) in [7, 11) is 0. The van der Waals surface area contributed by atoms with Crippen molar-refractivity contribution in [3.05, 3.63) is 12.6 Å². The van der Waals surface area contributed by atoms with Crippen LogP contribution in [0.15, 0.2) is 0 Å². The van der Waals surface area contributed by atoms with Gasteiger partial charge in [0.05, 0.1) is 25.7 Å². The van der Waals surface area contributed by atoms with E-state index in [9.17, 15) is 60.3 Å². The number of carbonyl (C=O) groups is 4. The van der Waals surface area contributed by atoms with Crippen LogP contribution in [0.4, 0.5) is 0 Å². The summed E-state index contributed by atoms with van der Waals surface area (Å²) in [6.07, 6.45) is -9.26. The normalized spacial score (nSPS) is 10.0. The third-order valence-electron chi connectivity index (χ3n) is 2.66. The van der Waals surface area contributed by atoms with Gasteiger partial charge in [0.15, 0.2) is 0 Å². The topological polar surface area (TPSA) is 312 Å². The van der Waals surface area contributed by atoms with Gasteiger partial charge >= 0.3 is 69.2 Å². The molecule has 19 heteroatoms. The van der Waals surface area contributed by atoms with E-state index >= 15 is 0 Å². The first-order valence-electron chi connectivity index (χ1n) is 6.56. The molecule has 0 unspecified atom stereocenters. The Balaban J connectivity index is -0.000000133. The van der Waals surface area contributed by atoms with Crippen LogP contribution in [0.2, 0.25) is 0 Å². The second-order valence-electron chi connectivity index (χ2n) is 5.00. The predicted octanol–water partition coefficient (Wildman–Crippen LogP) is -12.9. The van der Waals surface area contributed by atoms with Crippen molar-refractivity contribution in [2.24, 2.45) is 0 Å². The summed E-state index contributed by atoms with van der Waals surface area (Å²) in [5, 5.41) is 98.6. The third kappa shape index (κ3) is 17.8. The Labute approximate surface area is 221 Å². The number of hydrogen-bond acceptors (Lipinski definition) is 16. The molecule has 0 saturated heterocycles. The number of hydrogen-bond donors (Lipinski definition) is 2. The summed E-state index contributed by atoms with van der Waals surface area (Å²) < 4.78 is 0. The summed E-state index contributed by atoms with van der Waals surface area (Å²) in [5.41, 5.74) is -5.89. The Morgan fingerprint density at radius 2 is 0.774 bits per heavy atom. The van der Waals surface area contributed by atoms with Gasteiger partial charge in [0.25, 0.3) is 0 Å². The van der Waals surface area contributed by atoms with Crippen LogP contribution in [-0.4, -0.2) is 114 Å². The minimum Gasteiger partial charge on any atom is -0.676 e. The fourth-order valence-electron chi connectivity index (χ4n) is 1.52. The minimum absolute atomic E-state index is 0. The molecular formula is C12H10Mg3O16. The predicted molar refractivity (Wildman–Crippen MR) is 74.3 cm³/mol. The molecule has 0 aliphatic rings. The van der Waals surface area contributed by atoms with E-state index in [1.807, 2.05) is 0 Å². The molecule has 0 fully saturated rings. The quantitative estimate of drug-likeness (QED) is 0.113. The van der Waals surface area contributed by atoms with E-state index in [0.29, 0.717) is 0 Å². The van der Waals surface area contributed by atoms with Crippen molar-refractivity contribution in [3.8, 4) is 0 Å². The van der Waals surface area contributed by atoms with E-state index in [-0.39, 0.29) is 69.2 Å². The first-order chi connectivity index (χ1) is 12.6. The monoisotopic (exact) mass is 482 g/mol. The molecule has 0 heterocycles. The van der Waals surface area contributed by atoms with Crippen molar-refractivity contribution in [2.45, 2.75) is 36.9 Å². The number of rotatable bonds is 12. The van der Waals surface area contributed by atoms with Crippen LogP contribution >= 0.6 is 0 Å². The Kier molecular flexibility index (Phi) is 25.2. The number of aliphatic carboxylic acids is 4. The molecule has 0 bridgehead atoms. The van der Waals surface area contributed by atoms with E-state index in [1.54, 1.807) is 0 Å². The van der Waals surface area contributed by atoms with Gasteiger partial charge in [-0.15, -0.1) is 0 Å². The van der Waals surface area contributed by atoms with Crippen molar-refractivity contribution in [1.82, 2.24) is 0 Å². The Morgan fingerprint density at radius 1 is 0.613 bits per heavy atom. The van der Waals surface area contributed by atoms with Gasteiger partial charge in [-0.05, 0) is 0 Å². The summed E-state index contributed by atoms with van der Waals surface area (Å²) >= 11 is 0. The zero-order valence-electron chi connectivity index (χ0n) is 15.6. The van der Waals surface area contributed by atoms with Gasteiger partial charge in [-0.25, -0.2) is 9.78 Å². The molecule has 2 N–H and O–H groups in total. The number of carboxylic acids is 4. The van der Waals surface area contributed by atoms with Gasteiger partial charge in [0.2, 0.25) is 23.8 Å². The van der Waals surface area contributed by atoms with Crippen LogP contribution in [-0.2, 0) is 29.0 Å². The molecule has 0 aromatic carbocycles. The van der Waals surface area contributed by atoms with Gasteiger partial charge in [0.1, 0.15) is 0 Å². The van der Waals surface area contributed by atoms with Crippen LogP contribution < -0.4 is 41.2 Å². The minimum atomic E-state index is -2.95. The first kappa shape index (κ1) is 40.9. The molecule has 0 aromatic heterocycles. The molecule has 160 valence electrons. The third-order valence-corrected chi connectivity index (χ3v) is 2.66. The molecule has 0 rings (SSSR count). The van der Waals surface area contributed by atoms with Gasteiger partial charge < -0.3 is 70.5 Å². The maximum absolute atomic E-state index is 10.5. The Bertz CT molecular complexity index is 478. The molecule has 0 spiro atoms. The fourth-order valence-corrected chi connectivity index (χ4v) is 1.52. The average Bonchev–Trinajstić information content (AvgIpc) is 2.50. The number of aliphatic hydroxyl groups is 2. The van der Waals surface area contributed by atoms with Crippen molar-refractivity contribution in [3.63, 3.8) is 0 Å². The Hall–Kier alpha value is -0.401. The zero-order chi connectivity index (χ0) is 22.7. The van der Waals surface area contributed by atoms with Gasteiger partial charge in [-0.1, -0.05) is 0 Å². The van der Waals surface area contributed by atoms with Gasteiger partial charge in [-0.3, -0.25) is 0 Å². The Morgan fingerprint density at radius 3 is 0.871 bits per heavy atom. The summed E-state index contributed by atoms with van der Waals surface area (Å²) in [4.78, 5) is 45.7. The van der Waals surface area contributed by atoms with Crippen LogP contribution in [0, 0.1) is 12.6 Å². The number of carboxylic acid groups (broad SMARTS) is 4. The van der Waals surface area contributed by atoms with Crippen LogP contribution in [0.5, 0.6) is 0 Å². The first-order valence-corrected chi connectivity index (χ1v) is 6.56. The second kappa shape index (κ2) is 19.1. The standard InChI is InChI=1S/2C6H8O8.3Mg/c2*7-3(8)1-6(12,2-4(9)10)5(11)14-13;;;/h2*11-12H,1-2H2,(H,7,8)(H,9,10);;;/q;;3*+2/p-6. The fraction of sp³-hybridized carbons (Fsp3) is 0.500. The average molecular weight is 483 g/mol. The maximum atomic E-state index is 10.5. The molecule has 16 nitrogen and oxygen atoms in total. The largest absolute Gasteiger partial charge is 2.00 e.